The van der Waals surface area contributed by atoms with E-state index in [4.69, 9.17) is 5.73 Å². The molecule has 2 aliphatic rings. The molecule has 1 amide bonds. The van der Waals surface area contributed by atoms with Crippen molar-refractivity contribution in [3.05, 3.63) is 46.8 Å². The van der Waals surface area contributed by atoms with E-state index in [2.05, 4.69) is 9.97 Å². The topological polar surface area (TPSA) is 94.1 Å². The highest BCUT2D eigenvalue weighted by molar-refractivity contribution is 5.89. The Labute approximate surface area is 139 Å². The lowest BCUT2D eigenvalue weighted by molar-refractivity contribution is -0.132. The predicted molar refractivity (Wildman–Crippen MR) is 87.9 cm³/mol. The molecular weight excluding hydrogens is 306 g/mol. The largest absolute Gasteiger partial charge is 0.338 e. The standard InChI is InChI=1S/C17H19N5O2/c1-21-14(23)9-13(11-4-6-19-7-5-11)20-15(21)17(18)10-12-3-2-8-22(12)16(17)24/h4-7,9,12H,2-3,8,10,18H2,1H3/t12-,17?/m1/s1. The van der Waals surface area contributed by atoms with E-state index in [1.165, 1.54) is 10.6 Å². The number of aromatic nitrogens is 3. The van der Waals surface area contributed by atoms with Gasteiger partial charge in [-0.25, -0.2) is 4.98 Å². The number of nitrogens with two attached hydrogens (primary N) is 1. The predicted octanol–water partition coefficient (Wildman–Crippen LogP) is 0.391. The van der Waals surface area contributed by atoms with Crippen LogP contribution in [0, 0.1) is 0 Å². The molecule has 2 fully saturated rings. The summed E-state index contributed by atoms with van der Waals surface area (Å²) in [5.41, 5.74) is 6.34. The number of rotatable bonds is 2. The van der Waals surface area contributed by atoms with E-state index in [0.717, 1.165) is 24.9 Å². The molecule has 2 saturated heterocycles. The third-order valence-corrected chi connectivity index (χ3v) is 5.09. The second-order valence-corrected chi connectivity index (χ2v) is 6.57. The molecule has 2 N–H and O–H groups in total. The van der Waals surface area contributed by atoms with Gasteiger partial charge in [0.25, 0.3) is 11.5 Å². The van der Waals surface area contributed by atoms with Crippen LogP contribution in [0.1, 0.15) is 25.1 Å². The highest BCUT2D eigenvalue weighted by Gasteiger charge is 2.53. The molecule has 124 valence electrons. The van der Waals surface area contributed by atoms with Gasteiger partial charge in [0.15, 0.2) is 5.54 Å². The van der Waals surface area contributed by atoms with Crippen LogP contribution in [-0.4, -0.2) is 37.9 Å². The minimum absolute atomic E-state index is 0.126. The fourth-order valence-electron chi connectivity index (χ4n) is 3.83. The van der Waals surface area contributed by atoms with Gasteiger partial charge in [-0.2, -0.15) is 0 Å². The maximum atomic E-state index is 12.9. The molecule has 2 atom stereocenters. The second kappa shape index (κ2) is 5.24. The summed E-state index contributed by atoms with van der Waals surface area (Å²) in [5.74, 6) is 0.209. The average Bonchev–Trinajstić information content (AvgIpc) is 3.13. The molecule has 0 aromatic carbocycles. The third-order valence-electron chi connectivity index (χ3n) is 5.09. The molecule has 0 radical (unpaired) electrons. The van der Waals surface area contributed by atoms with Gasteiger partial charge in [-0.15, -0.1) is 0 Å². The van der Waals surface area contributed by atoms with Gasteiger partial charge in [0.1, 0.15) is 5.82 Å². The number of carbonyl (C=O) groups is 1. The van der Waals surface area contributed by atoms with E-state index in [0.29, 0.717) is 17.9 Å². The Morgan fingerprint density at radius 2 is 2.04 bits per heavy atom. The molecular formula is C17H19N5O2. The van der Waals surface area contributed by atoms with Crippen molar-refractivity contribution < 1.29 is 4.79 Å². The molecule has 0 aliphatic carbocycles. The Bertz CT molecular complexity index is 863. The van der Waals surface area contributed by atoms with Crippen molar-refractivity contribution in [2.45, 2.75) is 30.8 Å². The Balaban J connectivity index is 1.85. The minimum atomic E-state index is -1.23. The summed E-state index contributed by atoms with van der Waals surface area (Å²) < 4.78 is 1.39. The van der Waals surface area contributed by atoms with Crippen LogP contribution in [-0.2, 0) is 17.4 Å². The molecule has 4 rings (SSSR count). The van der Waals surface area contributed by atoms with Crippen molar-refractivity contribution in [3.63, 3.8) is 0 Å². The summed E-state index contributed by atoms with van der Waals surface area (Å²) in [6.45, 7) is 0.737. The fraction of sp³-hybridized carbons (Fsp3) is 0.412. The normalized spacial score (nSPS) is 26.0. The fourth-order valence-corrected chi connectivity index (χ4v) is 3.83. The van der Waals surface area contributed by atoms with Crippen LogP contribution < -0.4 is 11.3 Å². The van der Waals surface area contributed by atoms with Crippen molar-refractivity contribution in [1.29, 1.82) is 0 Å². The summed E-state index contributed by atoms with van der Waals surface area (Å²) in [4.78, 5) is 35.7. The quantitative estimate of drug-likeness (QED) is 0.862. The lowest BCUT2D eigenvalue weighted by atomic mass is 9.93. The van der Waals surface area contributed by atoms with Gasteiger partial charge < -0.3 is 10.6 Å². The number of amides is 1. The van der Waals surface area contributed by atoms with E-state index >= 15 is 0 Å². The first-order valence-corrected chi connectivity index (χ1v) is 8.09. The molecule has 7 heteroatoms. The second-order valence-electron chi connectivity index (χ2n) is 6.57. The highest BCUT2D eigenvalue weighted by atomic mass is 16.2. The van der Waals surface area contributed by atoms with Gasteiger partial charge in [0.05, 0.1) is 5.69 Å². The maximum Gasteiger partial charge on any atom is 0.253 e. The highest BCUT2D eigenvalue weighted by Crippen LogP contribution is 2.39. The van der Waals surface area contributed by atoms with Gasteiger partial charge in [-0.05, 0) is 25.0 Å². The van der Waals surface area contributed by atoms with Crippen molar-refractivity contribution in [1.82, 2.24) is 19.4 Å². The van der Waals surface area contributed by atoms with Crippen molar-refractivity contribution in [2.24, 2.45) is 12.8 Å². The first kappa shape index (κ1) is 15.0. The monoisotopic (exact) mass is 325 g/mol. The number of hydrogen-bond acceptors (Lipinski definition) is 5. The lowest BCUT2D eigenvalue weighted by Crippen LogP contribution is -2.49. The number of pyridine rings is 1. The van der Waals surface area contributed by atoms with Crippen molar-refractivity contribution >= 4 is 5.91 Å². The zero-order valence-electron chi connectivity index (χ0n) is 13.5. The zero-order valence-corrected chi connectivity index (χ0v) is 13.5. The maximum absolute atomic E-state index is 12.9. The average molecular weight is 325 g/mol. The van der Waals surface area contributed by atoms with Gasteiger partial charge in [-0.1, -0.05) is 0 Å². The van der Waals surface area contributed by atoms with E-state index < -0.39 is 5.54 Å². The number of fused-ring (bicyclic) bond motifs is 1. The number of carbonyl (C=O) groups excluding carboxylic acids is 1. The molecule has 24 heavy (non-hydrogen) atoms. The summed E-state index contributed by atoms with van der Waals surface area (Å²) in [5, 5.41) is 0. The van der Waals surface area contributed by atoms with Gasteiger partial charge >= 0.3 is 0 Å². The summed E-state index contributed by atoms with van der Waals surface area (Å²) >= 11 is 0. The first-order chi connectivity index (χ1) is 11.5. The van der Waals surface area contributed by atoms with Crippen LogP contribution in [0.5, 0.6) is 0 Å². The zero-order chi connectivity index (χ0) is 16.9. The van der Waals surface area contributed by atoms with E-state index in [1.807, 2.05) is 4.90 Å². The Morgan fingerprint density at radius 1 is 1.29 bits per heavy atom. The molecule has 2 aliphatic heterocycles. The van der Waals surface area contributed by atoms with Crippen molar-refractivity contribution in [2.75, 3.05) is 6.54 Å². The van der Waals surface area contributed by atoms with Crippen LogP contribution in [0.25, 0.3) is 11.3 Å². The minimum Gasteiger partial charge on any atom is -0.338 e. The first-order valence-electron chi connectivity index (χ1n) is 8.09. The van der Waals surface area contributed by atoms with E-state index in [1.54, 1.807) is 31.6 Å². The third kappa shape index (κ3) is 2.08. The summed E-state index contributed by atoms with van der Waals surface area (Å²) in [6, 6.07) is 5.18. The Kier molecular flexibility index (Phi) is 3.28. The smallest absolute Gasteiger partial charge is 0.253 e. The number of nitrogens with zero attached hydrogens (tertiary/aromatic N) is 4. The summed E-state index contributed by atoms with van der Waals surface area (Å²) in [7, 11) is 1.62. The molecule has 0 bridgehead atoms. The molecule has 2 aromatic rings. The van der Waals surface area contributed by atoms with Gasteiger partial charge in [-0.3, -0.25) is 19.1 Å². The van der Waals surface area contributed by atoms with Crippen LogP contribution >= 0.6 is 0 Å². The number of hydrogen-bond donors (Lipinski definition) is 1. The SMILES string of the molecule is Cn1c(C2(N)C[C@H]3CCCN3C2=O)nc(-c2ccncc2)cc1=O. The molecule has 0 spiro atoms. The lowest BCUT2D eigenvalue weighted by Gasteiger charge is -2.24. The van der Waals surface area contributed by atoms with Gasteiger partial charge in [0, 0.05) is 50.1 Å². The van der Waals surface area contributed by atoms with Gasteiger partial charge in [0.2, 0.25) is 0 Å². The van der Waals surface area contributed by atoms with E-state index in [9.17, 15) is 9.59 Å². The molecule has 4 heterocycles. The molecule has 1 unspecified atom stereocenters. The van der Waals surface area contributed by atoms with Crippen LogP contribution in [0.2, 0.25) is 0 Å². The van der Waals surface area contributed by atoms with E-state index in [-0.39, 0.29) is 17.5 Å². The molecule has 2 aromatic heterocycles. The van der Waals surface area contributed by atoms with Crippen LogP contribution in [0.3, 0.4) is 0 Å². The molecule has 7 nitrogen and oxygen atoms in total. The van der Waals surface area contributed by atoms with Crippen molar-refractivity contribution in [3.8, 4) is 11.3 Å². The van der Waals surface area contributed by atoms with Crippen LogP contribution in [0.4, 0.5) is 0 Å². The van der Waals surface area contributed by atoms with Crippen LogP contribution in [0.15, 0.2) is 35.4 Å². The Morgan fingerprint density at radius 3 is 2.75 bits per heavy atom. The summed E-state index contributed by atoms with van der Waals surface area (Å²) in [6.07, 6.45) is 5.76. The Hall–Kier alpha value is -2.54. The molecule has 0 saturated carbocycles.